The summed E-state index contributed by atoms with van der Waals surface area (Å²) < 4.78 is 0. The predicted molar refractivity (Wildman–Crippen MR) is 63.5 cm³/mol. The number of hydrogen-bond donors (Lipinski definition) is 2. The molecule has 0 atom stereocenters. The van der Waals surface area contributed by atoms with E-state index in [1.54, 1.807) is 6.07 Å². The molecular formula is C10H14Cl2N2. The highest BCUT2D eigenvalue weighted by molar-refractivity contribution is 6.36. The summed E-state index contributed by atoms with van der Waals surface area (Å²) in [7, 11) is 0. The highest BCUT2D eigenvalue weighted by atomic mass is 35.5. The maximum Gasteiger partial charge on any atom is 0.0652 e. The molecule has 0 aliphatic rings. The van der Waals surface area contributed by atoms with Crippen molar-refractivity contribution in [2.24, 2.45) is 0 Å². The fraction of sp³-hybridized carbons (Fsp3) is 0.400. The zero-order valence-electron chi connectivity index (χ0n) is 8.11. The smallest absolute Gasteiger partial charge is 0.0652 e. The molecule has 0 saturated heterocycles. The van der Waals surface area contributed by atoms with Crippen molar-refractivity contribution in [1.82, 2.24) is 5.32 Å². The van der Waals surface area contributed by atoms with Crippen LogP contribution >= 0.6 is 23.2 Å². The van der Waals surface area contributed by atoms with E-state index < -0.39 is 0 Å². The molecular weight excluding hydrogens is 219 g/mol. The summed E-state index contributed by atoms with van der Waals surface area (Å²) in [6, 6.07) is 5.44. The van der Waals surface area contributed by atoms with Crippen LogP contribution in [-0.2, 0) is 0 Å². The monoisotopic (exact) mass is 232 g/mol. The zero-order chi connectivity index (χ0) is 10.4. The fourth-order valence-corrected chi connectivity index (χ4v) is 1.57. The standard InChI is InChI=1S/C10H14Cl2N2/c1-2-13-5-6-14-10-4-3-8(11)7-9(10)12/h3-4,7,13-14H,2,5-6H2,1H3. The van der Waals surface area contributed by atoms with Gasteiger partial charge in [0.2, 0.25) is 0 Å². The van der Waals surface area contributed by atoms with Crippen molar-refractivity contribution in [2.45, 2.75) is 6.92 Å². The third-order valence-electron chi connectivity index (χ3n) is 1.80. The highest BCUT2D eigenvalue weighted by Crippen LogP contribution is 2.24. The van der Waals surface area contributed by atoms with Crippen molar-refractivity contribution < 1.29 is 0 Å². The summed E-state index contributed by atoms with van der Waals surface area (Å²) in [6.07, 6.45) is 0. The topological polar surface area (TPSA) is 24.1 Å². The molecule has 0 spiro atoms. The van der Waals surface area contributed by atoms with Gasteiger partial charge in [-0.3, -0.25) is 0 Å². The Morgan fingerprint density at radius 1 is 1.21 bits per heavy atom. The van der Waals surface area contributed by atoms with Crippen molar-refractivity contribution in [3.63, 3.8) is 0 Å². The van der Waals surface area contributed by atoms with Crippen LogP contribution < -0.4 is 10.6 Å². The van der Waals surface area contributed by atoms with Crippen LogP contribution in [0.5, 0.6) is 0 Å². The van der Waals surface area contributed by atoms with Crippen molar-refractivity contribution in [1.29, 1.82) is 0 Å². The van der Waals surface area contributed by atoms with Crippen molar-refractivity contribution in [2.75, 3.05) is 25.0 Å². The van der Waals surface area contributed by atoms with E-state index in [-0.39, 0.29) is 0 Å². The van der Waals surface area contributed by atoms with E-state index in [4.69, 9.17) is 23.2 Å². The number of halogens is 2. The van der Waals surface area contributed by atoms with Crippen LogP contribution in [0.1, 0.15) is 6.92 Å². The summed E-state index contributed by atoms with van der Waals surface area (Å²) in [4.78, 5) is 0. The second kappa shape index (κ2) is 6.12. The number of hydrogen-bond acceptors (Lipinski definition) is 2. The van der Waals surface area contributed by atoms with Crippen molar-refractivity contribution in [3.05, 3.63) is 28.2 Å². The third-order valence-corrected chi connectivity index (χ3v) is 2.35. The van der Waals surface area contributed by atoms with Crippen LogP contribution in [0.4, 0.5) is 5.69 Å². The summed E-state index contributed by atoms with van der Waals surface area (Å²) in [6.45, 7) is 4.84. The van der Waals surface area contributed by atoms with Crippen LogP contribution in [0.3, 0.4) is 0 Å². The lowest BCUT2D eigenvalue weighted by atomic mass is 10.3. The highest BCUT2D eigenvalue weighted by Gasteiger charge is 1.99. The van der Waals surface area contributed by atoms with E-state index in [1.807, 2.05) is 12.1 Å². The molecule has 2 nitrogen and oxygen atoms in total. The van der Waals surface area contributed by atoms with Gasteiger partial charge in [-0.1, -0.05) is 30.1 Å². The average Bonchev–Trinajstić information content (AvgIpc) is 2.15. The van der Waals surface area contributed by atoms with Crippen LogP contribution in [0.25, 0.3) is 0 Å². The Bertz CT molecular complexity index is 289. The SMILES string of the molecule is CCNCCNc1ccc(Cl)cc1Cl. The largest absolute Gasteiger partial charge is 0.383 e. The molecule has 0 bridgehead atoms. The van der Waals surface area contributed by atoms with Gasteiger partial charge in [-0.25, -0.2) is 0 Å². The summed E-state index contributed by atoms with van der Waals surface area (Å²) in [5.41, 5.74) is 0.925. The van der Waals surface area contributed by atoms with E-state index in [1.165, 1.54) is 0 Å². The quantitative estimate of drug-likeness (QED) is 0.764. The van der Waals surface area contributed by atoms with E-state index in [0.29, 0.717) is 10.0 Å². The minimum absolute atomic E-state index is 0.659. The van der Waals surface area contributed by atoms with Gasteiger partial charge in [-0.2, -0.15) is 0 Å². The molecule has 0 radical (unpaired) electrons. The minimum atomic E-state index is 0.659. The van der Waals surface area contributed by atoms with E-state index in [9.17, 15) is 0 Å². The van der Waals surface area contributed by atoms with Crippen LogP contribution in [0.15, 0.2) is 18.2 Å². The molecule has 0 heterocycles. The Morgan fingerprint density at radius 3 is 2.64 bits per heavy atom. The first-order valence-corrected chi connectivity index (χ1v) is 5.39. The Balaban J connectivity index is 2.42. The average molecular weight is 233 g/mol. The lowest BCUT2D eigenvalue weighted by Crippen LogP contribution is -2.21. The molecule has 4 heteroatoms. The van der Waals surface area contributed by atoms with Crippen molar-refractivity contribution >= 4 is 28.9 Å². The second-order valence-electron chi connectivity index (χ2n) is 2.90. The first-order valence-electron chi connectivity index (χ1n) is 4.63. The molecule has 0 unspecified atom stereocenters. The number of likely N-dealkylation sites (N-methyl/N-ethyl adjacent to an activating group) is 1. The van der Waals surface area contributed by atoms with Crippen LogP contribution in [-0.4, -0.2) is 19.6 Å². The van der Waals surface area contributed by atoms with Gasteiger partial charge in [0.25, 0.3) is 0 Å². The van der Waals surface area contributed by atoms with Gasteiger partial charge in [0, 0.05) is 18.1 Å². The van der Waals surface area contributed by atoms with E-state index in [0.717, 1.165) is 25.3 Å². The maximum absolute atomic E-state index is 5.97. The molecule has 0 saturated carbocycles. The molecule has 0 aliphatic heterocycles. The number of nitrogens with one attached hydrogen (secondary N) is 2. The van der Waals surface area contributed by atoms with Gasteiger partial charge in [-0.05, 0) is 24.7 Å². The zero-order valence-corrected chi connectivity index (χ0v) is 9.62. The molecule has 1 aromatic rings. The maximum atomic E-state index is 5.97. The molecule has 1 rings (SSSR count). The number of rotatable bonds is 5. The Hall–Kier alpha value is -0.440. The van der Waals surface area contributed by atoms with Crippen molar-refractivity contribution in [3.8, 4) is 0 Å². The molecule has 0 aliphatic carbocycles. The molecule has 14 heavy (non-hydrogen) atoms. The van der Waals surface area contributed by atoms with Gasteiger partial charge >= 0.3 is 0 Å². The van der Waals surface area contributed by atoms with Crippen LogP contribution in [0.2, 0.25) is 10.0 Å². The molecule has 0 fully saturated rings. The first kappa shape index (κ1) is 11.6. The molecule has 1 aromatic carbocycles. The minimum Gasteiger partial charge on any atom is -0.383 e. The molecule has 2 N–H and O–H groups in total. The molecule has 0 amide bonds. The van der Waals surface area contributed by atoms with Gasteiger partial charge in [0.05, 0.1) is 10.7 Å². The Morgan fingerprint density at radius 2 is 2.00 bits per heavy atom. The summed E-state index contributed by atoms with van der Waals surface area (Å²) in [5.74, 6) is 0. The van der Waals surface area contributed by atoms with Gasteiger partial charge < -0.3 is 10.6 Å². The lowest BCUT2D eigenvalue weighted by Gasteiger charge is -2.08. The first-order chi connectivity index (χ1) is 6.74. The number of benzene rings is 1. The second-order valence-corrected chi connectivity index (χ2v) is 3.75. The summed E-state index contributed by atoms with van der Waals surface area (Å²) >= 11 is 11.8. The van der Waals surface area contributed by atoms with E-state index in [2.05, 4.69) is 17.6 Å². The predicted octanol–water partition coefficient (Wildman–Crippen LogP) is 3.01. The Labute approximate surface area is 94.6 Å². The molecule has 0 aromatic heterocycles. The number of anilines is 1. The van der Waals surface area contributed by atoms with E-state index >= 15 is 0 Å². The van der Waals surface area contributed by atoms with Gasteiger partial charge in [0.1, 0.15) is 0 Å². The summed E-state index contributed by atoms with van der Waals surface area (Å²) in [5, 5.41) is 7.76. The van der Waals surface area contributed by atoms with Gasteiger partial charge in [-0.15, -0.1) is 0 Å². The molecule has 78 valence electrons. The lowest BCUT2D eigenvalue weighted by molar-refractivity contribution is 0.739. The van der Waals surface area contributed by atoms with Gasteiger partial charge in [0.15, 0.2) is 0 Å². The fourth-order valence-electron chi connectivity index (χ4n) is 1.10. The normalized spacial score (nSPS) is 10.2. The van der Waals surface area contributed by atoms with Crippen LogP contribution in [0, 0.1) is 0 Å². The Kier molecular flexibility index (Phi) is 5.09. The third kappa shape index (κ3) is 3.74.